The van der Waals surface area contributed by atoms with E-state index in [1.165, 1.54) is 8.66 Å². The Morgan fingerprint density at radius 3 is 2.82 bits per heavy atom. The number of thiophene rings is 1. The third-order valence-electron chi connectivity index (χ3n) is 3.04. The fraction of sp³-hybridized carbons (Fsp3) is 0.583. The van der Waals surface area contributed by atoms with Crippen LogP contribution < -0.4 is 0 Å². The van der Waals surface area contributed by atoms with Crippen molar-refractivity contribution in [3.8, 4) is 0 Å². The molecular formula is C12H17BrN2OS. The van der Waals surface area contributed by atoms with Crippen LogP contribution in [0.15, 0.2) is 15.9 Å². The summed E-state index contributed by atoms with van der Waals surface area (Å²) in [4.78, 5) is 17.1. The zero-order valence-corrected chi connectivity index (χ0v) is 12.4. The summed E-state index contributed by atoms with van der Waals surface area (Å²) >= 11 is 5.28. The van der Waals surface area contributed by atoms with Gasteiger partial charge >= 0.3 is 0 Å². The molecule has 1 fully saturated rings. The van der Waals surface area contributed by atoms with Gasteiger partial charge in [-0.2, -0.15) is 0 Å². The van der Waals surface area contributed by atoms with Gasteiger partial charge in [-0.25, -0.2) is 0 Å². The molecule has 0 radical (unpaired) electrons. The van der Waals surface area contributed by atoms with Gasteiger partial charge < -0.3 is 4.90 Å². The molecule has 1 aromatic rings. The number of nitrogens with zero attached hydrogens (tertiary/aromatic N) is 2. The van der Waals surface area contributed by atoms with Crippen molar-refractivity contribution < 1.29 is 4.79 Å². The van der Waals surface area contributed by atoms with Crippen LogP contribution in [0.3, 0.4) is 0 Å². The zero-order chi connectivity index (χ0) is 12.3. The number of carbonyl (C=O) groups excluding carboxylic acids is 1. The maximum Gasteiger partial charge on any atom is 0.219 e. The van der Waals surface area contributed by atoms with Gasteiger partial charge in [-0.1, -0.05) is 0 Å². The molecule has 0 aliphatic carbocycles. The summed E-state index contributed by atoms with van der Waals surface area (Å²) in [6, 6.07) is 4.27. The van der Waals surface area contributed by atoms with Crippen LogP contribution in [-0.4, -0.2) is 41.9 Å². The fourth-order valence-corrected chi connectivity index (χ4v) is 3.63. The molecule has 3 nitrogen and oxygen atoms in total. The summed E-state index contributed by atoms with van der Waals surface area (Å²) in [5.74, 6) is 0.200. The van der Waals surface area contributed by atoms with Crippen molar-refractivity contribution in [2.24, 2.45) is 0 Å². The molecule has 94 valence electrons. The molecule has 0 unspecified atom stereocenters. The van der Waals surface area contributed by atoms with Crippen LogP contribution in [0, 0.1) is 0 Å². The molecule has 0 atom stereocenters. The maximum atomic E-state index is 11.3. The minimum Gasteiger partial charge on any atom is -0.342 e. The highest BCUT2D eigenvalue weighted by Gasteiger charge is 2.16. The number of carbonyl (C=O) groups is 1. The standard InChI is InChI=1S/C12H17BrN2OS/c1-10(16)15-6-2-5-14(7-8-15)9-11-3-4-12(13)17-11/h3-4H,2,5-9H2,1H3. The molecule has 1 aromatic heterocycles. The summed E-state index contributed by atoms with van der Waals surface area (Å²) in [6.45, 7) is 6.49. The molecule has 1 saturated heterocycles. The number of hydrogen-bond acceptors (Lipinski definition) is 3. The Morgan fingerprint density at radius 1 is 1.35 bits per heavy atom. The molecule has 0 bridgehead atoms. The van der Waals surface area contributed by atoms with Crippen LogP contribution in [0.25, 0.3) is 0 Å². The van der Waals surface area contributed by atoms with Gasteiger partial charge in [0.1, 0.15) is 0 Å². The van der Waals surface area contributed by atoms with Crippen LogP contribution in [0.4, 0.5) is 0 Å². The fourth-order valence-electron chi connectivity index (χ4n) is 2.10. The maximum absolute atomic E-state index is 11.3. The van der Waals surface area contributed by atoms with Crippen molar-refractivity contribution in [3.63, 3.8) is 0 Å². The molecule has 2 rings (SSSR count). The van der Waals surface area contributed by atoms with Gasteiger partial charge in [0.05, 0.1) is 3.79 Å². The van der Waals surface area contributed by atoms with Crippen molar-refractivity contribution in [3.05, 3.63) is 20.8 Å². The summed E-state index contributed by atoms with van der Waals surface area (Å²) in [6.07, 6.45) is 1.08. The van der Waals surface area contributed by atoms with Gasteiger partial charge in [0.25, 0.3) is 0 Å². The van der Waals surface area contributed by atoms with Gasteiger partial charge in [-0.3, -0.25) is 9.69 Å². The molecule has 0 N–H and O–H groups in total. The lowest BCUT2D eigenvalue weighted by Gasteiger charge is -2.20. The normalized spacial score (nSPS) is 18.1. The smallest absolute Gasteiger partial charge is 0.219 e. The SMILES string of the molecule is CC(=O)N1CCCN(Cc2ccc(Br)s2)CC1. The van der Waals surface area contributed by atoms with E-state index in [1.54, 1.807) is 18.3 Å². The Balaban J connectivity index is 1.88. The van der Waals surface area contributed by atoms with E-state index in [0.29, 0.717) is 0 Å². The first-order chi connectivity index (χ1) is 8.15. The Bertz CT molecular complexity index is 394. The van der Waals surface area contributed by atoms with E-state index in [0.717, 1.165) is 39.1 Å². The zero-order valence-electron chi connectivity index (χ0n) is 9.99. The highest BCUT2D eigenvalue weighted by atomic mass is 79.9. The second-order valence-electron chi connectivity index (χ2n) is 4.34. The molecule has 0 spiro atoms. The van der Waals surface area contributed by atoms with Crippen molar-refractivity contribution in [2.75, 3.05) is 26.2 Å². The lowest BCUT2D eigenvalue weighted by atomic mass is 10.3. The molecule has 1 amide bonds. The van der Waals surface area contributed by atoms with Crippen molar-refractivity contribution in [2.45, 2.75) is 19.9 Å². The number of halogens is 1. The minimum atomic E-state index is 0.200. The minimum absolute atomic E-state index is 0.200. The average Bonchev–Trinajstić information content (AvgIpc) is 2.54. The van der Waals surface area contributed by atoms with Crippen molar-refractivity contribution >= 4 is 33.2 Å². The third kappa shape index (κ3) is 3.79. The molecule has 1 aliphatic heterocycles. The Kier molecular flexibility index (Phi) is 4.59. The predicted molar refractivity (Wildman–Crippen MR) is 74.2 cm³/mol. The van der Waals surface area contributed by atoms with Gasteiger partial charge in [-0.15, -0.1) is 11.3 Å². The Morgan fingerprint density at radius 2 is 2.18 bits per heavy atom. The summed E-state index contributed by atoms with van der Waals surface area (Å²) in [7, 11) is 0. The lowest BCUT2D eigenvalue weighted by Crippen LogP contribution is -2.33. The highest BCUT2D eigenvalue weighted by molar-refractivity contribution is 9.11. The predicted octanol–water partition coefficient (Wildman–Crippen LogP) is 2.56. The molecular weight excluding hydrogens is 300 g/mol. The molecule has 0 aromatic carbocycles. The number of hydrogen-bond donors (Lipinski definition) is 0. The second kappa shape index (κ2) is 5.98. The van der Waals surface area contributed by atoms with Crippen molar-refractivity contribution in [1.29, 1.82) is 0 Å². The van der Waals surface area contributed by atoms with E-state index in [4.69, 9.17) is 0 Å². The molecule has 1 aliphatic rings. The van der Waals surface area contributed by atoms with Crippen LogP contribution in [0.2, 0.25) is 0 Å². The first-order valence-electron chi connectivity index (χ1n) is 5.87. The highest BCUT2D eigenvalue weighted by Crippen LogP contribution is 2.23. The first-order valence-corrected chi connectivity index (χ1v) is 7.48. The van der Waals surface area contributed by atoms with Gasteiger partial charge in [0.15, 0.2) is 0 Å². The quantitative estimate of drug-likeness (QED) is 0.837. The topological polar surface area (TPSA) is 23.6 Å². The Labute approximate surface area is 115 Å². The first kappa shape index (κ1) is 13.1. The summed E-state index contributed by atoms with van der Waals surface area (Å²) in [5.41, 5.74) is 0. The largest absolute Gasteiger partial charge is 0.342 e. The molecule has 5 heteroatoms. The van der Waals surface area contributed by atoms with Gasteiger partial charge in [0, 0.05) is 44.5 Å². The average molecular weight is 317 g/mol. The summed E-state index contributed by atoms with van der Waals surface area (Å²) < 4.78 is 1.19. The second-order valence-corrected chi connectivity index (χ2v) is 6.89. The van der Waals surface area contributed by atoms with E-state index in [2.05, 4.69) is 33.0 Å². The summed E-state index contributed by atoms with van der Waals surface area (Å²) in [5, 5.41) is 0. The molecule has 17 heavy (non-hydrogen) atoms. The third-order valence-corrected chi connectivity index (χ3v) is 4.65. The molecule has 0 saturated carbocycles. The Hall–Kier alpha value is -0.390. The van der Waals surface area contributed by atoms with E-state index < -0.39 is 0 Å². The number of rotatable bonds is 2. The van der Waals surface area contributed by atoms with E-state index >= 15 is 0 Å². The van der Waals surface area contributed by atoms with Crippen LogP contribution in [0.5, 0.6) is 0 Å². The monoisotopic (exact) mass is 316 g/mol. The lowest BCUT2D eigenvalue weighted by molar-refractivity contribution is -0.128. The van der Waals surface area contributed by atoms with Gasteiger partial charge in [0.2, 0.25) is 5.91 Å². The van der Waals surface area contributed by atoms with Crippen molar-refractivity contribution in [1.82, 2.24) is 9.80 Å². The van der Waals surface area contributed by atoms with Crippen LogP contribution in [-0.2, 0) is 11.3 Å². The number of amides is 1. The molecule has 2 heterocycles. The van der Waals surface area contributed by atoms with E-state index in [-0.39, 0.29) is 5.91 Å². The van der Waals surface area contributed by atoms with E-state index in [9.17, 15) is 4.79 Å². The van der Waals surface area contributed by atoms with E-state index in [1.807, 2.05) is 4.90 Å². The van der Waals surface area contributed by atoms with Crippen LogP contribution in [0.1, 0.15) is 18.2 Å². The van der Waals surface area contributed by atoms with Gasteiger partial charge in [-0.05, 0) is 34.5 Å². The van der Waals surface area contributed by atoms with Crippen LogP contribution >= 0.6 is 27.3 Å².